The molecule has 0 aromatic carbocycles. The summed E-state index contributed by atoms with van der Waals surface area (Å²) in [4.78, 5) is 0. The largest absolute Gasteiger partial charge is 0.378 e. The summed E-state index contributed by atoms with van der Waals surface area (Å²) in [7, 11) is 0. The Balaban J connectivity index is 0.000000133. The van der Waals surface area contributed by atoms with Crippen molar-refractivity contribution in [2.75, 3.05) is 6.61 Å². The van der Waals surface area contributed by atoms with E-state index in [0.717, 1.165) is 36.2 Å². The third-order valence-corrected chi connectivity index (χ3v) is 5.93. The lowest BCUT2D eigenvalue weighted by Gasteiger charge is -2.05. The molecule has 3 aliphatic carbocycles. The second-order valence-corrected chi connectivity index (χ2v) is 7.69. The fraction of sp³-hybridized carbons (Fsp3) is 1.00. The van der Waals surface area contributed by atoms with E-state index in [2.05, 4.69) is 27.7 Å². The molecule has 4 fully saturated rings. The monoisotopic (exact) mass is 266 g/mol. The first-order valence-electron chi connectivity index (χ1n) is 8.23. The van der Waals surface area contributed by atoms with Gasteiger partial charge in [0, 0.05) is 6.61 Å². The highest BCUT2D eigenvalue weighted by molar-refractivity contribution is 5.03. The van der Waals surface area contributed by atoms with E-state index in [9.17, 15) is 0 Å². The summed E-state index contributed by atoms with van der Waals surface area (Å²) in [5.74, 6) is 7.16. The molecule has 0 N–H and O–H groups in total. The summed E-state index contributed by atoms with van der Waals surface area (Å²) in [6, 6.07) is 0. The maximum Gasteiger partial charge on any atom is 0.0642 e. The van der Waals surface area contributed by atoms with Crippen molar-refractivity contribution in [3.63, 3.8) is 0 Å². The Morgan fingerprint density at radius 2 is 1.37 bits per heavy atom. The molecule has 0 radical (unpaired) electrons. The van der Waals surface area contributed by atoms with Gasteiger partial charge in [0.05, 0.1) is 6.10 Å². The molecule has 0 aromatic heterocycles. The molecule has 5 atom stereocenters. The first-order chi connectivity index (χ1) is 8.61. The van der Waals surface area contributed by atoms with Gasteiger partial charge in [-0.25, -0.2) is 0 Å². The SMILES string of the molecule is C.CC(C)C1C2CCOC21.CC(C)C1[C@@H]2CCC[C@@H]12. The summed E-state index contributed by atoms with van der Waals surface area (Å²) in [5.41, 5.74) is 0. The van der Waals surface area contributed by atoms with E-state index in [1.807, 2.05) is 0 Å². The van der Waals surface area contributed by atoms with Gasteiger partial charge in [0.1, 0.15) is 0 Å². The highest BCUT2D eigenvalue weighted by Gasteiger charge is 2.55. The molecule has 1 nitrogen and oxygen atoms in total. The number of fused-ring (bicyclic) bond motifs is 2. The molecule has 112 valence electrons. The molecular formula is C18H34O. The van der Waals surface area contributed by atoms with Gasteiger partial charge >= 0.3 is 0 Å². The minimum atomic E-state index is 0. The van der Waals surface area contributed by atoms with Crippen LogP contribution in [0.3, 0.4) is 0 Å². The fourth-order valence-electron chi connectivity index (χ4n) is 5.04. The lowest BCUT2D eigenvalue weighted by Crippen LogP contribution is -2.02. The van der Waals surface area contributed by atoms with Crippen LogP contribution in [0.2, 0.25) is 0 Å². The summed E-state index contributed by atoms with van der Waals surface area (Å²) >= 11 is 0. The van der Waals surface area contributed by atoms with Crippen LogP contribution < -0.4 is 0 Å². The van der Waals surface area contributed by atoms with Crippen molar-refractivity contribution in [3.05, 3.63) is 0 Å². The zero-order chi connectivity index (χ0) is 12.9. The van der Waals surface area contributed by atoms with E-state index < -0.39 is 0 Å². The number of hydrogen-bond acceptors (Lipinski definition) is 1. The quantitative estimate of drug-likeness (QED) is 0.683. The van der Waals surface area contributed by atoms with Crippen LogP contribution in [-0.4, -0.2) is 12.7 Å². The van der Waals surface area contributed by atoms with Crippen molar-refractivity contribution < 1.29 is 4.74 Å². The third kappa shape index (κ3) is 2.86. The zero-order valence-corrected chi connectivity index (χ0v) is 12.6. The molecule has 3 unspecified atom stereocenters. The Bertz CT molecular complexity index is 246. The van der Waals surface area contributed by atoms with Gasteiger partial charge in [0.15, 0.2) is 0 Å². The lowest BCUT2D eigenvalue weighted by atomic mass is 10.0. The predicted molar refractivity (Wildman–Crippen MR) is 82.1 cm³/mol. The maximum atomic E-state index is 5.50. The zero-order valence-electron chi connectivity index (χ0n) is 12.6. The molecular weight excluding hydrogens is 232 g/mol. The molecule has 0 amide bonds. The van der Waals surface area contributed by atoms with Gasteiger partial charge in [-0.3, -0.25) is 0 Å². The Morgan fingerprint density at radius 3 is 1.68 bits per heavy atom. The van der Waals surface area contributed by atoms with Crippen LogP contribution in [0.15, 0.2) is 0 Å². The van der Waals surface area contributed by atoms with E-state index in [-0.39, 0.29) is 7.43 Å². The summed E-state index contributed by atoms with van der Waals surface area (Å²) in [6.07, 6.45) is 6.62. The second kappa shape index (κ2) is 5.76. The van der Waals surface area contributed by atoms with E-state index in [4.69, 9.17) is 4.74 Å². The Labute approximate surface area is 120 Å². The second-order valence-electron chi connectivity index (χ2n) is 7.69. The summed E-state index contributed by atoms with van der Waals surface area (Å²) in [5, 5.41) is 0. The van der Waals surface area contributed by atoms with Crippen molar-refractivity contribution in [2.24, 2.45) is 41.4 Å². The van der Waals surface area contributed by atoms with Crippen LogP contribution in [0.4, 0.5) is 0 Å². The summed E-state index contributed by atoms with van der Waals surface area (Å²) in [6.45, 7) is 10.4. The van der Waals surface area contributed by atoms with Crippen molar-refractivity contribution in [2.45, 2.75) is 66.9 Å². The summed E-state index contributed by atoms with van der Waals surface area (Å²) < 4.78 is 5.50. The number of rotatable bonds is 2. The van der Waals surface area contributed by atoms with Crippen LogP contribution >= 0.6 is 0 Å². The van der Waals surface area contributed by atoms with Gasteiger partial charge in [-0.15, -0.1) is 0 Å². The fourth-order valence-corrected chi connectivity index (χ4v) is 5.04. The van der Waals surface area contributed by atoms with E-state index >= 15 is 0 Å². The highest BCUT2D eigenvalue weighted by atomic mass is 16.5. The van der Waals surface area contributed by atoms with Gasteiger partial charge in [-0.1, -0.05) is 41.5 Å². The van der Waals surface area contributed by atoms with E-state index in [1.165, 1.54) is 24.7 Å². The molecule has 1 heteroatoms. The van der Waals surface area contributed by atoms with Crippen LogP contribution in [0.25, 0.3) is 0 Å². The van der Waals surface area contributed by atoms with Crippen LogP contribution in [0.1, 0.15) is 60.8 Å². The maximum absolute atomic E-state index is 5.50. The molecule has 0 bridgehead atoms. The van der Waals surface area contributed by atoms with Gasteiger partial charge < -0.3 is 4.74 Å². The average molecular weight is 266 g/mol. The van der Waals surface area contributed by atoms with Gasteiger partial charge in [0.25, 0.3) is 0 Å². The molecule has 1 aliphatic heterocycles. The van der Waals surface area contributed by atoms with Crippen molar-refractivity contribution >= 4 is 0 Å². The molecule has 1 heterocycles. The average Bonchev–Trinajstić information content (AvgIpc) is 3.05. The predicted octanol–water partition coefficient (Wildman–Crippen LogP) is 5.00. The van der Waals surface area contributed by atoms with E-state index in [0.29, 0.717) is 6.10 Å². The Hall–Kier alpha value is -0.0400. The molecule has 0 spiro atoms. The molecule has 4 rings (SSSR count). The van der Waals surface area contributed by atoms with Crippen LogP contribution in [0.5, 0.6) is 0 Å². The molecule has 19 heavy (non-hydrogen) atoms. The molecule has 3 saturated carbocycles. The number of hydrogen-bond donors (Lipinski definition) is 0. The van der Waals surface area contributed by atoms with Gasteiger partial charge in [0.2, 0.25) is 0 Å². The molecule has 4 aliphatic rings. The van der Waals surface area contributed by atoms with Crippen molar-refractivity contribution in [3.8, 4) is 0 Å². The minimum Gasteiger partial charge on any atom is -0.378 e. The highest BCUT2D eigenvalue weighted by Crippen LogP contribution is 2.60. The smallest absolute Gasteiger partial charge is 0.0642 e. The van der Waals surface area contributed by atoms with E-state index in [1.54, 1.807) is 12.8 Å². The van der Waals surface area contributed by atoms with Crippen molar-refractivity contribution in [1.29, 1.82) is 0 Å². The lowest BCUT2D eigenvalue weighted by molar-refractivity contribution is 0.129. The number of ether oxygens (including phenoxy) is 1. The standard InChI is InChI=1S/C9H16.C8H14O.CH4/c1-6(2)9-7-4-3-5-8(7)9;1-5(2)7-6-3-4-9-8(6)7;/h6-9H,3-5H2,1-2H3;5-8H,3-4H2,1-2H3;1H4/t7-,8-;;/m1../s1. The first-order valence-corrected chi connectivity index (χ1v) is 8.23. The third-order valence-electron chi connectivity index (χ3n) is 5.93. The van der Waals surface area contributed by atoms with Gasteiger partial charge in [-0.2, -0.15) is 0 Å². The van der Waals surface area contributed by atoms with Crippen molar-refractivity contribution in [1.82, 2.24) is 0 Å². The van der Waals surface area contributed by atoms with Gasteiger partial charge in [-0.05, 0) is 60.7 Å². The topological polar surface area (TPSA) is 9.23 Å². The van der Waals surface area contributed by atoms with Crippen LogP contribution in [0, 0.1) is 41.4 Å². The van der Waals surface area contributed by atoms with Crippen LogP contribution in [-0.2, 0) is 4.74 Å². The Morgan fingerprint density at radius 1 is 0.789 bits per heavy atom. The molecule has 0 aromatic rings. The normalized spacial score (nSPS) is 45.2. The molecule has 1 saturated heterocycles. The minimum absolute atomic E-state index is 0. The Kier molecular flexibility index (Phi) is 4.65. The first kappa shape index (κ1) is 15.4.